The molecule has 0 spiro atoms. The van der Waals surface area contributed by atoms with Crippen LogP contribution in [0.1, 0.15) is 28.7 Å². The van der Waals surface area contributed by atoms with Crippen molar-refractivity contribution in [3.8, 4) is 0 Å². The number of benzene rings is 2. The normalized spacial score (nSPS) is 15.7. The van der Waals surface area contributed by atoms with Gasteiger partial charge in [-0.2, -0.15) is 0 Å². The second-order valence-electron chi connectivity index (χ2n) is 7.82. The largest absolute Gasteiger partial charge is 0.464 e. The highest BCUT2D eigenvalue weighted by Gasteiger charge is 2.21. The topological polar surface area (TPSA) is 36.7 Å². The third-order valence-corrected chi connectivity index (χ3v) is 5.87. The van der Waals surface area contributed by atoms with E-state index in [9.17, 15) is 4.79 Å². The summed E-state index contributed by atoms with van der Waals surface area (Å²) in [6.07, 6.45) is 3.19. The van der Waals surface area contributed by atoms with Crippen LogP contribution in [-0.2, 0) is 17.8 Å². The number of furan rings is 1. The van der Waals surface area contributed by atoms with Gasteiger partial charge in [-0.15, -0.1) is 0 Å². The van der Waals surface area contributed by atoms with E-state index in [2.05, 4.69) is 61.2 Å². The predicted octanol–water partition coefficient (Wildman–Crippen LogP) is 4.33. The highest BCUT2D eigenvalue weighted by Crippen LogP contribution is 2.27. The lowest BCUT2D eigenvalue weighted by atomic mass is 10.0. The first-order chi connectivity index (χ1) is 13.6. The molecule has 146 valence electrons. The molecule has 0 radical (unpaired) electrons. The van der Waals surface area contributed by atoms with Crippen molar-refractivity contribution in [2.45, 2.75) is 33.2 Å². The zero-order chi connectivity index (χ0) is 19.5. The molecule has 1 aliphatic heterocycles. The number of aryl methyl sites for hydroxylation is 2. The Labute approximate surface area is 166 Å². The molecule has 1 amide bonds. The van der Waals surface area contributed by atoms with E-state index in [1.807, 2.05) is 4.90 Å². The summed E-state index contributed by atoms with van der Waals surface area (Å²) in [5.41, 5.74) is 5.60. The standard InChI is InChI=1S/C24H28N2O2/c1-18-9-10-22-21(17-28-24(22)19(18)2)15-23(27)26-12-6-11-25(13-14-26)16-20-7-4-3-5-8-20/h3-5,7-10,17H,6,11-16H2,1-2H3. The van der Waals surface area contributed by atoms with E-state index in [0.29, 0.717) is 6.42 Å². The van der Waals surface area contributed by atoms with Gasteiger partial charge in [0.05, 0.1) is 12.7 Å². The molecule has 4 nitrogen and oxygen atoms in total. The fourth-order valence-corrected chi connectivity index (χ4v) is 4.02. The van der Waals surface area contributed by atoms with Crippen LogP contribution in [-0.4, -0.2) is 41.9 Å². The van der Waals surface area contributed by atoms with E-state index >= 15 is 0 Å². The van der Waals surface area contributed by atoms with Crippen molar-refractivity contribution in [2.75, 3.05) is 26.2 Å². The van der Waals surface area contributed by atoms with Crippen LogP contribution >= 0.6 is 0 Å². The van der Waals surface area contributed by atoms with E-state index in [-0.39, 0.29) is 5.91 Å². The molecule has 1 fully saturated rings. The third-order valence-electron chi connectivity index (χ3n) is 5.87. The number of carbonyl (C=O) groups excluding carboxylic acids is 1. The average Bonchev–Trinajstić information content (AvgIpc) is 2.95. The fourth-order valence-electron chi connectivity index (χ4n) is 4.02. The van der Waals surface area contributed by atoms with E-state index < -0.39 is 0 Å². The van der Waals surface area contributed by atoms with Crippen LogP contribution in [0.4, 0.5) is 0 Å². The van der Waals surface area contributed by atoms with Gasteiger partial charge in [-0.05, 0) is 37.0 Å². The van der Waals surface area contributed by atoms with Gasteiger partial charge in [-0.25, -0.2) is 0 Å². The maximum absolute atomic E-state index is 12.9. The summed E-state index contributed by atoms with van der Waals surface area (Å²) in [6, 6.07) is 14.7. The molecule has 1 aliphatic rings. The van der Waals surface area contributed by atoms with Crippen LogP contribution < -0.4 is 0 Å². The fraction of sp³-hybridized carbons (Fsp3) is 0.375. The molecule has 1 aromatic heterocycles. The highest BCUT2D eigenvalue weighted by molar-refractivity contribution is 5.89. The van der Waals surface area contributed by atoms with Gasteiger partial charge in [0.25, 0.3) is 0 Å². The van der Waals surface area contributed by atoms with E-state index in [0.717, 1.165) is 61.2 Å². The van der Waals surface area contributed by atoms with Crippen molar-refractivity contribution in [1.29, 1.82) is 0 Å². The quantitative estimate of drug-likeness (QED) is 0.680. The average molecular weight is 377 g/mol. The highest BCUT2D eigenvalue weighted by atomic mass is 16.3. The molecular weight excluding hydrogens is 348 g/mol. The van der Waals surface area contributed by atoms with Crippen molar-refractivity contribution < 1.29 is 9.21 Å². The van der Waals surface area contributed by atoms with Crippen LogP contribution in [0, 0.1) is 13.8 Å². The molecule has 2 aromatic carbocycles. The minimum Gasteiger partial charge on any atom is -0.464 e. The van der Waals surface area contributed by atoms with Crippen LogP contribution in [0.15, 0.2) is 53.1 Å². The summed E-state index contributed by atoms with van der Waals surface area (Å²) >= 11 is 0. The lowest BCUT2D eigenvalue weighted by Gasteiger charge is -2.22. The van der Waals surface area contributed by atoms with Gasteiger partial charge in [0.15, 0.2) is 0 Å². The summed E-state index contributed by atoms with van der Waals surface area (Å²) in [5, 5.41) is 1.07. The molecule has 4 heteroatoms. The summed E-state index contributed by atoms with van der Waals surface area (Å²) in [5.74, 6) is 0.197. The number of carbonyl (C=O) groups is 1. The number of hydrogen-bond donors (Lipinski definition) is 0. The minimum atomic E-state index is 0.197. The van der Waals surface area contributed by atoms with Gasteiger partial charge >= 0.3 is 0 Å². The van der Waals surface area contributed by atoms with Crippen molar-refractivity contribution in [3.63, 3.8) is 0 Å². The Hall–Kier alpha value is -2.59. The minimum absolute atomic E-state index is 0.197. The maximum atomic E-state index is 12.9. The van der Waals surface area contributed by atoms with Gasteiger partial charge in [-0.1, -0.05) is 42.5 Å². The number of amides is 1. The van der Waals surface area contributed by atoms with E-state index in [1.165, 1.54) is 11.1 Å². The number of rotatable bonds is 4. The molecule has 0 bridgehead atoms. The van der Waals surface area contributed by atoms with E-state index in [4.69, 9.17) is 4.42 Å². The first-order valence-corrected chi connectivity index (χ1v) is 10.1. The Morgan fingerprint density at radius 2 is 1.82 bits per heavy atom. The number of nitrogens with zero attached hydrogens (tertiary/aromatic N) is 2. The summed E-state index contributed by atoms with van der Waals surface area (Å²) < 4.78 is 5.78. The SMILES string of the molecule is Cc1ccc2c(CC(=O)N3CCCN(Cc4ccccc4)CC3)coc2c1C. The van der Waals surface area contributed by atoms with Gasteiger partial charge in [0, 0.05) is 43.7 Å². The molecule has 1 saturated heterocycles. The maximum Gasteiger partial charge on any atom is 0.227 e. The van der Waals surface area contributed by atoms with Crippen LogP contribution in [0.5, 0.6) is 0 Å². The molecule has 0 N–H and O–H groups in total. The van der Waals surface area contributed by atoms with Crippen molar-refractivity contribution in [2.24, 2.45) is 0 Å². The van der Waals surface area contributed by atoms with Crippen molar-refractivity contribution >= 4 is 16.9 Å². The van der Waals surface area contributed by atoms with Gasteiger partial charge < -0.3 is 9.32 Å². The second-order valence-corrected chi connectivity index (χ2v) is 7.82. The van der Waals surface area contributed by atoms with E-state index in [1.54, 1.807) is 6.26 Å². The second kappa shape index (κ2) is 8.19. The number of hydrogen-bond acceptors (Lipinski definition) is 3. The van der Waals surface area contributed by atoms with Gasteiger partial charge in [0.2, 0.25) is 5.91 Å². The molecule has 3 aromatic rings. The number of fused-ring (bicyclic) bond motifs is 1. The van der Waals surface area contributed by atoms with Crippen LogP contribution in [0.25, 0.3) is 11.0 Å². The zero-order valence-electron chi connectivity index (χ0n) is 16.8. The molecule has 28 heavy (non-hydrogen) atoms. The first kappa shape index (κ1) is 18.8. The molecule has 0 aliphatic carbocycles. The lowest BCUT2D eigenvalue weighted by molar-refractivity contribution is -0.130. The van der Waals surface area contributed by atoms with Gasteiger partial charge in [0.1, 0.15) is 5.58 Å². The Bertz CT molecular complexity index is 961. The Kier molecular flexibility index (Phi) is 5.49. The lowest BCUT2D eigenvalue weighted by Crippen LogP contribution is -2.36. The van der Waals surface area contributed by atoms with Crippen molar-refractivity contribution in [1.82, 2.24) is 9.80 Å². The van der Waals surface area contributed by atoms with Crippen LogP contribution in [0.2, 0.25) is 0 Å². The van der Waals surface area contributed by atoms with Crippen molar-refractivity contribution in [3.05, 3.63) is 71.0 Å². The Balaban J connectivity index is 1.40. The first-order valence-electron chi connectivity index (χ1n) is 10.1. The molecule has 0 atom stereocenters. The monoisotopic (exact) mass is 376 g/mol. The molecule has 0 unspecified atom stereocenters. The van der Waals surface area contributed by atoms with Crippen LogP contribution in [0.3, 0.4) is 0 Å². The summed E-state index contributed by atoms with van der Waals surface area (Å²) in [4.78, 5) is 17.4. The Morgan fingerprint density at radius 3 is 2.64 bits per heavy atom. The Morgan fingerprint density at radius 1 is 1.00 bits per heavy atom. The smallest absolute Gasteiger partial charge is 0.227 e. The molecular formula is C24H28N2O2. The summed E-state index contributed by atoms with van der Waals surface area (Å²) in [6.45, 7) is 8.69. The molecule has 2 heterocycles. The zero-order valence-corrected chi connectivity index (χ0v) is 16.8. The molecule has 4 rings (SSSR count). The molecule has 0 saturated carbocycles. The summed E-state index contributed by atoms with van der Waals surface area (Å²) in [7, 11) is 0. The third kappa shape index (κ3) is 3.97. The predicted molar refractivity (Wildman–Crippen MR) is 112 cm³/mol. The van der Waals surface area contributed by atoms with Gasteiger partial charge in [-0.3, -0.25) is 9.69 Å².